The van der Waals surface area contributed by atoms with Gasteiger partial charge in [0.15, 0.2) is 0 Å². The standard InChI is InChI=1S/C15H19N5O.2ClH/c21-15(4-1-12-5-6-16-9-12)19-13-2-3-14(18-10-13)20-8-7-17-11-20;;/h2-3,7-8,10-12,16H,1,4-6,9H2,(H,19,21);2*1H. The summed E-state index contributed by atoms with van der Waals surface area (Å²) in [6.45, 7) is 2.11. The van der Waals surface area contributed by atoms with E-state index in [1.165, 1.54) is 6.42 Å². The molecule has 6 nitrogen and oxygen atoms in total. The molecule has 126 valence electrons. The minimum Gasteiger partial charge on any atom is -0.325 e. The van der Waals surface area contributed by atoms with Crippen molar-refractivity contribution in [3.63, 3.8) is 0 Å². The fourth-order valence-electron chi connectivity index (χ4n) is 2.53. The number of anilines is 1. The summed E-state index contributed by atoms with van der Waals surface area (Å²) >= 11 is 0. The van der Waals surface area contributed by atoms with Crippen molar-refractivity contribution in [3.8, 4) is 5.82 Å². The number of aromatic nitrogens is 3. The van der Waals surface area contributed by atoms with E-state index >= 15 is 0 Å². The smallest absolute Gasteiger partial charge is 0.224 e. The monoisotopic (exact) mass is 357 g/mol. The van der Waals surface area contributed by atoms with Crippen molar-refractivity contribution in [2.75, 3.05) is 18.4 Å². The van der Waals surface area contributed by atoms with Crippen LogP contribution in [0, 0.1) is 5.92 Å². The second-order valence-corrected chi connectivity index (χ2v) is 5.32. The lowest BCUT2D eigenvalue weighted by atomic mass is 10.0. The number of amides is 1. The SMILES string of the molecule is Cl.Cl.O=C(CCC1CCNC1)Nc1ccc(-n2ccnc2)nc1. The number of nitrogens with one attached hydrogen (secondary N) is 2. The maximum Gasteiger partial charge on any atom is 0.224 e. The lowest BCUT2D eigenvalue weighted by molar-refractivity contribution is -0.116. The minimum atomic E-state index is 0. The normalized spacial score (nSPS) is 16.3. The lowest BCUT2D eigenvalue weighted by Crippen LogP contribution is -2.15. The summed E-state index contributed by atoms with van der Waals surface area (Å²) in [6.07, 6.45) is 9.58. The molecule has 0 aromatic carbocycles. The maximum atomic E-state index is 11.9. The van der Waals surface area contributed by atoms with Crippen LogP contribution in [0.5, 0.6) is 0 Å². The third-order valence-corrected chi connectivity index (χ3v) is 3.74. The molecule has 0 spiro atoms. The molecule has 3 heterocycles. The molecule has 1 fully saturated rings. The van der Waals surface area contributed by atoms with Crippen molar-refractivity contribution in [1.82, 2.24) is 19.9 Å². The van der Waals surface area contributed by atoms with Gasteiger partial charge in [0.25, 0.3) is 0 Å². The number of halogens is 2. The van der Waals surface area contributed by atoms with Crippen LogP contribution < -0.4 is 10.6 Å². The molecule has 2 N–H and O–H groups in total. The van der Waals surface area contributed by atoms with Crippen molar-refractivity contribution in [3.05, 3.63) is 37.1 Å². The van der Waals surface area contributed by atoms with E-state index in [9.17, 15) is 4.79 Å². The molecule has 23 heavy (non-hydrogen) atoms. The van der Waals surface area contributed by atoms with Gasteiger partial charge < -0.3 is 10.6 Å². The van der Waals surface area contributed by atoms with Crippen LogP contribution in [0.1, 0.15) is 19.3 Å². The van der Waals surface area contributed by atoms with E-state index in [4.69, 9.17) is 0 Å². The van der Waals surface area contributed by atoms with E-state index in [0.717, 1.165) is 31.0 Å². The number of hydrogen-bond donors (Lipinski definition) is 2. The Kier molecular flexibility index (Phi) is 8.02. The summed E-state index contributed by atoms with van der Waals surface area (Å²) in [6, 6.07) is 3.72. The fourth-order valence-corrected chi connectivity index (χ4v) is 2.53. The zero-order chi connectivity index (χ0) is 14.5. The molecule has 1 atom stereocenters. The zero-order valence-corrected chi connectivity index (χ0v) is 14.3. The Bertz CT molecular complexity index is 582. The predicted molar refractivity (Wildman–Crippen MR) is 94.7 cm³/mol. The number of carbonyl (C=O) groups excluding carboxylic acids is 1. The van der Waals surface area contributed by atoms with Crippen LogP contribution in [-0.4, -0.2) is 33.5 Å². The van der Waals surface area contributed by atoms with Gasteiger partial charge in [0.05, 0.1) is 11.9 Å². The number of carbonyl (C=O) groups is 1. The number of hydrogen-bond acceptors (Lipinski definition) is 4. The van der Waals surface area contributed by atoms with Crippen LogP contribution in [0.25, 0.3) is 5.82 Å². The van der Waals surface area contributed by atoms with Crippen molar-refractivity contribution in [2.45, 2.75) is 19.3 Å². The highest BCUT2D eigenvalue weighted by atomic mass is 35.5. The molecule has 1 aliphatic rings. The molecular formula is C15H21Cl2N5O. The lowest BCUT2D eigenvalue weighted by Gasteiger charge is -2.09. The Morgan fingerprint density at radius 2 is 2.26 bits per heavy atom. The molecule has 0 aliphatic carbocycles. The maximum absolute atomic E-state index is 11.9. The van der Waals surface area contributed by atoms with Crippen molar-refractivity contribution in [1.29, 1.82) is 0 Å². The van der Waals surface area contributed by atoms with Crippen LogP contribution >= 0.6 is 24.8 Å². The molecule has 2 aromatic rings. The van der Waals surface area contributed by atoms with E-state index in [-0.39, 0.29) is 30.7 Å². The fraction of sp³-hybridized carbons (Fsp3) is 0.400. The molecule has 0 bridgehead atoms. The van der Waals surface area contributed by atoms with Gasteiger partial charge in [-0.25, -0.2) is 9.97 Å². The van der Waals surface area contributed by atoms with Crippen molar-refractivity contribution < 1.29 is 4.79 Å². The summed E-state index contributed by atoms with van der Waals surface area (Å²) in [5.74, 6) is 1.47. The Morgan fingerprint density at radius 3 is 2.87 bits per heavy atom. The Hall–Kier alpha value is -1.63. The van der Waals surface area contributed by atoms with Gasteiger partial charge in [-0.05, 0) is 44.0 Å². The first-order chi connectivity index (χ1) is 10.3. The highest BCUT2D eigenvalue weighted by Crippen LogP contribution is 2.15. The van der Waals surface area contributed by atoms with Gasteiger partial charge in [-0.1, -0.05) is 0 Å². The van der Waals surface area contributed by atoms with E-state index < -0.39 is 0 Å². The number of imidazole rings is 1. The Balaban J connectivity index is 0.00000132. The summed E-state index contributed by atoms with van der Waals surface area (Å²) in [4.78, 5) is 20.2. The van der Waals surface area contributed by atoms with E-state index in [0.29, 0.717) is 12.3 Å². The molecule has 1 saturated heterocycles. The zero-order valence-electron chi connectivity index (χ0n) is 12.6. The number of nitrogens with zero attached hydrogens (tertiary/aromatic N) is 3. The first kappa shape index (κ1) is 19.4. The molecule has 0 radical (unpaired) electrons. The Morgan fingerprint density at radius 1 is 1.39 bits per heavy atom. The second kappa shape index (κ2) is 9.50. The van der Waals surface area contributed by atoms with Crippen LogP contribution in [0.4, 0.5) is 5.69 Å². The summed E-state index contributed by atoms with van der Waals surface area (Å²) < 4.78 is 1.82. The summed E-state index contributed by atoms with van der Waals surface area (Å²) in [5, 5.41) is 6.21. The Labute approximate surface area is 147 Å². The quantitative estimate of drug-likeness (QED) is 0.861. The van der Waals surface area contributed by atoms with E-state index in [1.807, 2.05) is 22.9 Å². The average Bonchev–Trinajstić information content (AvgIpc) is 3.19. The van der Waals surface area contributed by atoms with Crippen molar-refractivity contribution in [2.24, 2.45) is 5.92 Å². The van der Waals surface area contributed by atoms with Gasteiger partial charge in [-0.15, -0.1) is 24.8 Å². The first-order valence-electron chi connectivity index (χ1n) is 7.26. The molecule has 3 rings (SSSR count). The van der Waals surface area contributed by atoms with Crippen LogP contribution in [0.2, 0.25) is 0 Å². The van der Waals surface area contributed by atoms with E-state index in [2.05, 4.69) is 20.6 Å². The topological polar surface area (TPSA) is 71.8 Å². The minimum absolute atomic E-state index is 0. The molecule has 8 heteroatoms. The average molecular weight is 358 g/mol. The number of pyridine rings is 1. The van der Waals surface area contributed by atoms with Gasteiger partial charge in [0.1, 0.15) is 12.1 Å². The first-order valence-corrected chi connectivity index (χ1v) is 7.26. The molecule has 1 amide bonds. The van der Waals surface area contributed by atoms with Gasteiger partial charge in [-0.2, -0.15) is 0 Å². The van der Waals surface area contributed by atoms with Gasteiger partial charge >= 0.3 is 0 Å². The van der Waals surface area contributed by atoms with Gasteiger partial charge in [0.2, 0.25) is 5.91 Å². The van der Waals surface area contributed by atoms with Gasteiger partial charge in [0, 0.05) is 18.8 Å². The summed E-state index contributed by atoms with van der Waals surface area (Å²) in [5.41, 5.74) is 0.730. The third-order valence-electron chi connectivity index (χ3n) is 3.74. The highest BCUT2D eigenvalue weighted by Gasteiger charge is 2.15. The van der Waals surface area contributed by atoms with Crippen LogP contribution in [-0.2, 0) is 4.79 Å². The molecule has 1 unspecified atom stereocenters. The van der Waals surface area contributed by atoms with Crippen LogP contribution in [0.3, 0.4) is 0 Å². The molecular weight excluding hydrogens is 337 g/mol. The molecule has 0 saturated carbocycles. The highest BCUT2D eigenvalue weighted by molar-refractivity contribution is 5.90. The third kappa shape index (κ3) is 5.49. The molecule has 1 aliphatic heterocycles. The predicted octanol–water partition coefficient (Wildman–Crippen LogP) is 2.44. The van der Waals surface area contributed by atoms with Gasteiger partial charge in [-0.3, -0.25) is 9.36 Å². The number of rotatable bonds is 5. The van der Waals surface area contributed by atoms with E-state index in [1.54, 1.807) is 18.7 Å². The molecule has 2 aromatic heterocycles. The van der Waals surface area contributed by atoms with Crippen LogP contribution in [0.15, 0.2) is 37.1 Å². The second-order valence-electron chi connectivity index (χ2n) is 5.32. The summed E-state index contributed by atoms with van der Waals surface area (Å²) in [7, 11) is 0. The van der Waals surface area contributed by atoms with Crippen molar-refractivity contribution >= 4 is 36.4 Å². The largest absolute Gasteiger partial charge is 0.325 e.